The maximum absolute atomic E-state index is 2.58. The second kappa shape index (κ2) is 19.8. The molecule has 2 heteroatoms. The number of thiophene rings is 1. The van der Waals surface area contributed by atoms with E-state index in [-0.39, 0.29) is 0 Å². The lowest BCUT2D eigenvalue weighted by Crippen LogP contribution is -2.29. The molecule has 4 aliphatic rings. The third kappa shape index (κ3) is 7.00. The first-order valence-corrected chi connectivity index (χ1v) is 33.3. The van der Waals surface area contributed by atoms with Crippen LogP contribution in [0.25, 0.3) is 86.6 Å². The Labute approximate surface area is 545 Å². The van der Waals surface area contributed by atoms with Crippen LogP contribution in [-0.2, 0) is 16.2 Å². The molecule has 0 amide bonds. The zero-order valence-electron chi connectivity index (χ0n) is 50.8. The summed E-state index contributed by atoms with van der Waals surface area (Å²) >= 11 is 1.87. The number of nitrogens with zero attached hydrogens (tertiary/aromatic N) is 1. The standard InChI is InChI=1S/C91H57NS/c1-5-25-60(26-6-1)89(61-27-7-2-8-28-61)81-52-48-65(56-76(81)88-67-33-14-13-24-58(67)44-50-83(88)89)92(64-47-51-80-74(55-64)71-36-17-21-41-79(71)91(80)77-39-19-15-34-69(77)70-35-16-20-40-78(70)91)66-46-49-73-84(57-66)90(62-29-9-3-10-30-62,63-31-11-4-12-32-63)82-42-23-38-68(87(73)82)59-45-53-86-75(54-59)72-37-18-22-43-85(72)93-86/h1-57H. The molecule has 0 unspecified atom stereocenters. The third-order valence-electron chi connectivity index (χ3n) is 21.4. The Morgan fingerprint density at radius 1 is 0.215 bits per heavy atom. The van der Waals surface area contributed by atoms with Crippen molar-refractivity contribution in [3.8, 4) is 55.6 Å². The van der Waals surface area contributed by atoms with Gasteiger partial charge in [-0.15, -0.1) is 11.3 Å². The van der Waals surface area contributed by atoms with Crippen LogP contribution in [0.2, 0.25) is 0 Å². The Bertz CT molecular complexity index is 5640. The molecule has 1 heterocycles. The zero-order valence-corrected chi connectivity index (χ0v) is 51.6. The summed E-state index contributed by atoms with van der Waals surface area (Å²) in [6.07, 6.45) is 0. The van der Waals surface area contributed by atoms with Gasteiger partial charge in [-0.05, 0) is 188 Å². The molecule has 1 aromatic heterocycles. The number of rotatable bonds is 8. The van der Waals surface area contributed by atoms with Gasteiger partial charge in [-0.2, -0.15) is 0 Å². The van der Waals surface area contributed by atoms with E-state index < -0.39 is 16.2 Å². The van der Waals surface area contributed by atoms with E-state index in [2.05, 4.69) is 351 Å². The Morgan fingerprint density at radius 2 is 0.645 bits per heavy atom. The maximum Gasteiger partial charge on any atom is 0.0725 e. The van der Waals surface area contributed by atoms with Crippen LogP contribution in [0.3, 0.4) is 0 Å². The summed E-state index contributed by atoms with van der Waals surface area (Å²) in [6.45, 7) is 0. The highest BCUT2D eigenvalue weighted by Crippen LogP contribution is 2.65. The van der Waals surface area contributed by atoms with E-state index >= 15 is 0 Å². The topological polar surface area (TPSA) is 3.24 Å². The summed E-state index contributed by atoms with van der Waals surface area (Å²) in [7, 11) is 0. The monoisotopic (exact) mass is 1200 g/mol. The highest BCUT2D eigenvalue weighted by Gasteiger charge is 2.53. The zero-order chi connectivity index (χ0) is 61.0. The normalized spacial score (nSPS) is 14.3. The van der Waals surface area contributed by atoms with Crippen LogP contribution in [-0.4, -0.2) is 0 Å². The Balaban J connectivity index is 0.878. The predicted molar refractivity (Wildman–Crippen MR) is 388 cm³/mol. The molecule has 0 saturated heterocycles. The van der Waals surface area contributed by atoms with E-state index in [0.29, 0.717) is 0 Å². The number of fused-ring (bicyclic) bond motifs is 21. The van der Waals surface area contributed by atoms with Crippen molar-refractivity contribution >= 4 is 59.3 Å². The Hall–Kier alpha value is -11.4. The average Bonchev–Trinajstić information content (AvgIpc) is 1.55. The molecule has 0 bridgehead atoms. The van der Waals surface area contributed by atoms with Gasteiger partial charge in [0.1, 0.15) is 0 Å². The quantitative estimate of drug-likeness (QED) is 0.147. The minimum atomic E-state index is -0.697. The third-order valence-corrected chi connectivity index (χ3v) is 22.6. The maximum atomic E-state index is 2.58. The van der Waals surface area contributed by atoms with Crippen LogP contribution in [0, 0.1) is 0 Å². The van der Waals surface area contributed by atoms with Crippen molar-refractivity contribution in [3.63, 3.8) is 0 Å². The van der Waals surface area contributed by atoms with Crippen molar-refractivity contribution < 1.29 is 0 Å². The minimum Gasteiger partial charge on any atom is -0.310 e. The first kappa shape index (κ1) is 52.4. The summed E-state index contributed by atoms with van der Waals surface area (Å²) in [5.74, 6) is 0. The van der Waals surface area contributed by atoms with Gasteiger partial charge in [-0.3, -0.25) is 0 Å². The molecule has 0 radical (unpaired) electrons. The first-order chi connectivity index (χ1) is 46.1. The molecule has 0 saturated carbocycles. The van der Waals surface area contributed by atoms with Gasteiger partial charge in [-0.25, -0.2) is 0 Å². The fourth-order valence-corrected chi connectivity index (χ4v) is 18.9. The van der Waals surface area contributed by atoms with Gasteiger partial charge in [0, 0.05) is 37.2 Å². The highest BCUT2D eigenvalue weighted by molar-refractivity contribution is 7.25. The molecule has 0 atom stereocenters. The molecule has 4 aliphatic carbocycles. The largest absolute Gasteiger partial charge is 0.310 e. The molecule has 15 aromatic carbocycles. The van der Waals surface area contributed by atoms with E-state index in [9.17, 15) is 0 Å². The summed E-state index contributed by atoms with van der Waals surface area (Å²) in [5, 5.41) is 5.07. The van der Waals surface area contributed by atoms with E-state index in [1.165, 1.54) is 153 Å². The summed E-state index contributed by atoms with van der Waals surface area (Å²) < 4.78 is 2.61. The molecule has 432 valence electrons. The molecule has 16 aromatic rings. The van der Waals surface area contributed by atoms with Gasteiger partial charge >= 0.3 is 0 Å². The van der Waals surface area contributed by atoms with E-state index in [0.717, 1.165) is 17.1 Å². The molecule has 93 heavy (non-hydrogen) atoms. The van der Waals surface area contributed by atoms with Gasteiger partial charge in [0.05, 0.1) is 16.2 Å². The number of hydrogen-bond acceptors (Lipinski definition) is 2. The molecule has 1 nitrogen and oxygen atoms in total. The van der Waals surface area contributed by atoms with Gasteiger partial charge in [0.2, 0.25) is 0 Å². The van der Waals surface area contributed by atoms with Crippen LogP contribution in [0.15, 0.2) is 346 Å². The smallest absolute Gasteiger partial charge is 0.0725 e. The second-order valence-electron chi connectivity index (χ2n) is 25.6. The lowest BCUT2D eigenvalue weighted by atomic mass is 9.67. The lowest BCUT2D eigenvalue weighted by molar-refractivity contribution is 0.768. The average molecular weight is 1200 g/mol. The van der Waals surface area contributed by atoms with E-state index in [1.54, 1.807) is 0 Å². The molecular formula is C91H57NS. The van der Waals surface area contributed by atoms with Crippen molar-refractivity contribution in [3.05, 3.63) is 413 Å². The molecule has 0 aliphatic heterocycles. The minimum absolute atomic E-state index is 0.484. The van der Waals surface area contributed by atoms with Crippen molar-refractivity contribution in [2.75, 3.05) is 4.90 Å². The fraction of sp³-hybridized carbons (Fsp3) is 0.0330. The van der Waals surface area contributed by atoms with Crippen molar-refractivity contribution in [2.45, 2.75) is 16.2 Å². The summed E-state index contributed by atoms with van der Waals surface area (Å²) in [6, 6.07) is 132. The van der Waals surface area contributed by atoms with Crippen LogP contribution in [0.4, 0.5) is 17.1 Å². The van der Waals surface area contributed by atoms with Gasteiger partial charge in [0.25, 0.3) is 0 Å². The Morgan fingerprint density at radius 3 is 1.27 bits per heavy atom. The van der Waals surface area contributed by atoms with Crippen LogP contribution >= 0.6 is 11.3 Å². The summed E-state index contributed by atoms with van der Waals surface area (Å²) in [4.78, 5) is 2.58. The molecule has 0 fully saturated rings. The first-order valence-electron chi connectivity index (χ1n) is 32.5. The predicted octanol–water partition coefficient (Wildman–Crippen LogP) is 23.4. The lowest BCUT2D eigenvalue weighted by Gasteiger charge is -2.35. The number of hydrogen-bond donors (Lipinski definition) is 0. The van der Waals surface area contributed by atoms with Gasteiger partial charge in [-0.1, -0.05) is 291 Å². The SMILES string of the molecule is c1ccc(C2(c3ccccc3)c3cc(N(c4ccc5c(c4)-c4c(ccc6ccccc46)C5(c4ccccc4)c4ccccc4)c4ccc5c(c4)-c4ccccc4C54c5ccccc5-c5ccccc54)ccc3-c3c(-c4ccc5sc6ccccc6c5c4)cccc32)cc1. The Kier molecular flexibility index (Phi) is 11.1. The van der Waals surface area contributed by atoms with Crippen molar-refractivity contribution in [1.82, 2.24) is 0 Å². The second-order valence-corrected chi connectivity index (χ2v) is 26.7. The van der Waals surface area contributed by atoms with Gasteiger partial charge in [0.15, 0.2) is 0 Å². The van der Waals surface area contributed by atoms with Crippen LogP contribution < -0.4 is 4.90 Å². The number of benzene rings is 15. The molecule has 1 spiro atoms. The van der Waals surface area contributed by atoms with E-state index in [1.807, 2.05) is 11.3 Å². The van der Waals surface area contributed by atoms with Crippen LogP contribution in [0.1, 0.15) is 66.8 Å². The molecule has 20 rings (SSSR count). The summed E-state index contributed by atoms with van der Waals surface area (Å²) in [5.41, 5.74) is 29.4. The highest BCUT2D eigenvalue weighted by atomic mass is 32.1. The van der Waals surface area contributed by atoms with Crippen molar-refractivity contribution in [1.29, 1.82) is 0 Å². The molecular weight excluding hydrogens is 1140 g/mol. The fourth-order valence-electron chi connectivity index (χ4n) is 17.9. The molecule has 0 N–H and O–H groups in total. The van der Waals surface area contributed by atoms with Gasteiger partial charge < -0.3 is 4.90 Å². The number of anilines is 3. The van der Waals surface area contributed by atoms with Crippen molar-refractivity contribution in [2.24, 2.45) is 0 Å². The van der Waals surface area contributed by atoms with E-state index in [4.69, 9.17) is 0 Å². The van der Waals surface area contributed by atoms with Crippen LogP contribution in [0.5, 0.6) is 0 Å².